The lowest BCUT2D eigenvalue weighted by Gasteiger charge is -2.16. The third-order valence-corrected chi connectivity index (χ3v) is 5.54. The monoisotopic (exact) mass is 464 g/mol. The van der Waals surface area contributed by atoms with Gasteiger partial charge < -0.3 is 10.1 Å². The van der Waals surface area contributed by atoms with Gasteiger partial charge in [0.05, 0.1) is 17.4 Å². The van der Waals surface area contributed by atoms with E-state index in [1.54, 1.807) is 48.5 Å². The molecule has 0 fully saturated rings. The Balaban J connectivity index is 1.80. The van der Waals surface area contributed by atoms with Crippen molar-refractivity contribution in [1.29, 1.82) is 0 Å². The molecule has 0 saturated carbocycles. The molecule has 0 radical (unpaired) electrons. The maximum atomic E-state index is 14.5. The fraction of sp³-hybridized carbons (Fsp3) is 0.154. The number of para-hydroxylation sites is 1. The minimum absolute atomic E-state index is 0.00943. The molecule has 1 aliphatic heterocycles. The molecule has 33 heavy (non-hydrogen) atoms. The van der Waals surface area contributed by atoms with Crippen molar-refractivity contribution in [1.82, 2.24) is 0 Å². The van der Waals surface area contributed by atoms with Gasteiger partial charge in [0, 0.05) is 10.7 Å². The van der Waals surface area contributed by atoms with Crippen LogP contribution < -0.4 is 15.0 Å². The Hall–Kier alpha value is -3.64. The van der Waals surface area contributed by atoms with Crippen LogP contribution in [0, 0.1) is 12.7 Å². The van der Waals surface area contributed by atoms with E-state index in [0.717, 1.165) is 10.5 Å². The van der Waals surface area contributed by atoms with E-state index in [4.69, 9.17) is 16.3 Å². The van der Waals surface area contributed by atoms with Crippen LogP contribution in [-0.4, -0.2) is 17.9 Å². The molecule has 7 heteroatoms. The summed E-state index contributed by atoms with van der Waals surface area (Å²) >= 11 is 6.24. The molecule has 0 atom stereocenters. The lowest BCUT2D eigenvalue weighted by atomic mass is 10.0. The van der Waals surface area contributed by atoms with Gasteiger partial charge in [0.25, 0.3) is 11.8 Å². The molecule has 168 valence electrons. The van der Waals surface area contributed by atoms with Gasteiger partial charge in [0.15, 0.2) is 0 Å². The fourth-order valence-electron chi connectivity index (χ4n) is 3.55. The van der Waals surface area contributed by atoms with E-state index in [1.807, 2.05) is 20.8 Å². The minimum Gasteiger partial charge on any atom is -0.491 e. The second-order valence-electron chi connectivity index (χ2n) is 7.93. The van der Waals surface area contributed by atoms with Crippen molar-refractivity contribution in [2.24, 2.45) is 0 Å². The summed E-state index contributed by atoms with van der Waals surface area (Å²) in [5.74, 6) is -1.31. The summed E-state index contributed by atoms with van der Waals surface area (Å²) < 4.78 is 20.2. The Bertz CT molecular complexity index is 1270. The molecule has 1 heterocycles. The van der Waals surface area contributed by atoms with Crippen LogP contribution in [0.25, 0.3) is 5.57 Å². The number of ether oxygens (including phenoxy) is 1. The zero-order chi connectivity index (χ0) is 23.7. The van der Waals surface area contributed by atoms with Gasteiger partial charge in [-0.2, -0.15) is 0 Å². The number of imide groups is 1. The van der Waals surface area contributed by atoms with Crippen molar-refractivity contribution in [2.45, 2.75) is 26.9 Å². The van der Waals surface area contributed by atoms with E-state index in [2.05, 4.69) is 5.32 Å². The standard InChI is InChI=1S/C26H22ClFN2O3/c1-15(2)33-19-12-9-17(10-13-19)23-24(29-18-11-8-16(3)20(27)14-18)26(32)30(25(23)31)22-7-5-4-6-21(22)28/h4-15,29H,1-3H3. The highest BCUT2D eigenvalue weighted by molar-refractivity contribution is 6.46. The third-order valence-electron chi connectivity index (χ3n) is 5.13. The van der Waals surface area contributed by atoms with Gasteiger partial charge in [-0.15, -0.1) is 0 Å². The number of rotatable bonds is 6. The summed E-state index contributed by atoms with van der Waals surface area (Å²) in [4.78, 5) is 27.7. The number of nitrogens with one attached hydrogen (secondary N) is 1. The van der Waals surface area contributed by atoms with Crippen molar-refractivity contribution in [2.75, 3.05) is 10.2 Å². The first-order valence-electron chi connectivity index (χ1n) is 10.4. The maximum absolute atomic E-state index is 14.5. The molecule has 2 amide bonds. The predicted molar refractivity (Wildman–Crippen MR) is 128 cm³/mol. The zero-order valence-corrected chi connectivity index (χ0v) is 19.1. The number of nitrogens with zero attached hydrogens (tertiary/aromatic N) is 1. The number of benzene rings is 3. The van der Waals surface area contributed by atoms with E-state index in [9.17, 15) is 14.0 Å². The molecule has 0 spiro atoms. The van der Waals surface area contributed by atoms with Crippen LogP contribution in [0.5, 0.6) is 5.75 Å². The molecular formula is C26H22ClFN2O3. The second kappa shape index (κ2) is 9.08. The van der Waals surface area contributed by atoms with E-state index >= 15 is 0 Å². The van der Waals surface area contributed by atoms with Gasteiger partial charge in [-0.05, 0) is 68.3 Å². The molecule has 0 aliphatic carbocycles. The molecule has 4 rings (SSSR count). The van der Waals surface area contributed by atoms with Crippen molar-refractivity contribution in [3.8, 4) is 5.75 Å². The van der Waals surface area contributed by atoms with E-state index in [1.165, 1.54) is 18.2 Å². The Morgan fingerprint density at radius 1 is 0.970 bits per heavy atom. The summed E-state index contributed by atoms with van der Waals surface area (Å²) in [7, 11) is 0. The predicted octanol–water partition coefficient (Wildman–Crippen LogP) is 5.97. The van der Waals surface area contributed by atoms with Crippen molar-refractivity contribution in [3.63, 3.8) is 0 Å². The average molecular weight is 465 g/mol. The van der Waals surface area contributed by atoms with Gasteiger partial charge in [-0.25, -0.2) is 9.29 Å². The maximum Gasteiger partial charge on any atom is 0.282 e. The SMILES string of the molecule is Cc1ccc(NC2=C(c3ccc(OC(C)C)cc3)C(=O)N(c3ccccc3F)C2=O)cc1Cl. The molecule has 0 unspecified atom stereocenters. The van der Waals surface area contributed by atoms with Crippen LogP contribution in [0.2, 0.25) is 5.02 Å². The summed E-state index contributed by atoms with van der Waals surface area (Å²) in [6.45, 7) is 5.69. The summed E-state index contributed by atoms with van der Waals surface area (Å²) in [6.07, 6.45) is -0.00943. The number of carbonyl (C=O) groups is 2. The van der Waals surface area contributed by atoms with E-state index < -0.39 is 17.6 Å². The van der Waals surface area contributed by atoms with E-state index in [0.29, 0.717) is 22.0 Å². The molecule has 0 bridgehead atoms. The second-order valence-corrected chi connectivity index (χ2v) is 8.33. The molecule has 0 aromatic heterocycles. The summed E-state index contributed by atoms with van der Waals surface area (Å²) in [6, 6.07) is 17.8. The molecule has 1 N–H and O–H groups in total. The molecule has 5 nitrogen and oxygen atoms in total. The third kappa shape index (κ3) is 4.47. The molecular weight excluding hydrogens is 443 g/mol. The highest BCUT2D eigenvalue weighted by Crippen LogP contribution is 2.35. The van der Waals surface area contributed by atoms with Crippen LogP contribution in [0.15, 0.2) is 72.4 Å². The van der Waals surface area contributed by atoms with Gasteiger partial charge in [0.1, 0.15) is 17.3 Å². The van der Waals surface area contributed by atoms with Crippen molar-refractivity contribution in [3.05, 3.63) is 94.4 Å². The smallest absolute Gasteiger partial charge is 0.282 e. The Labute approximate surface area is 196 Å². The zero-order valence-electron chi connectivity index (χ0n) is 18.4. The Morgan fingerprint density at radius 2 is 1.67 bits per heavy atom. The van der Waals surface area contributed by atoms with Crippen LogP contribution in [0.4, 0.5) is 15.8 Å². The largest absolute Gasteiger partial charge is 0.491 e. The normalized spacial score (nSPS) is 13.8. The highest BCUT2D eigenvalue weighted by Gasteiger charge is 2.41. The number of aryl methyl sites for hydroxylation is 1. The Morgan fingerprint density at radius 3 is 2.30 bits per heavy atom. The fourth-order valence-corrected chi connectivity index (χ4v) is 3.73. The number of anilines is 2. The number of amides is 2. The van der Waals surface area contributed by atoms with Crippen LogP contribution in [-0.2, 0) is 9.59 Å². The van der Waals surface area contributed by atoms with Crippen molar-refractivity contribution < 1.29 is 18.7 Å². The first-order chi connectivity index (χ1) is 15.8. The van der Waals surface area contributed by atoms with E-state index in [-0.39, 0.29) is 23.1 Å². The van der Waals surface area contributed by atoms with Crippen LogP contribution in [0.1, 0.15) is 25.0 Å². The van der Waals surface area contributed by atoms with Crippen LogP contribution >= 0.6 is 11.6 Å². The number of hydrogen-bond acceptors (Lipinski definition) is 4. The van der Waals surface area contributed by atoms with Gasteiger partial charge in [-0.3, -0.25) is 9.59 Å². The highest BCUT2D eigenvalue weighted by atomic mass is 35.5. The Kier molecular flexibility index (Phi) is 6.20. The topological polar surface area (TPSA) is 58.6 Å². The lowest BCUT2D eigenvalue weighted by Crippen LogP contribution is -2.33. The van der Waals surface area contributed by atoms with Crippen molar-refractivity contribution >= 4 is 40.4 Å². The first-order valence-corrected chi connectivity index (χ1v) is 10.8. The number of carbonyl (C=O) groups excluding carboxylic acids is 2. The number of hydrogen-bond donors (Lipinski definition) is 1. The summed E-state index contributed by atoms with van der Waals surface area (Å²) in [5.41, 5.74) is 1.98. The number of halogens is 2. The van der Waals surface area contributed by atoms with Gasteiger partial charge >= 0.3 is 0 Å². The van der Waals surface area contributed by atoms with Crippen LogP contribution in [0.3, 0.4) is 0 Å². The summed E-state index contributed by atoms with van der Waals surface area (Å²) in [5, 5.41) is 3.55. The van der Waals surface area contributed by atoms with Gasteiger partial charge in [0.2, 0.25) is 0 Å². The average Bonchev–Trinajstić information content (AvgIpc) is 3.01. The molecule has 3 aromatic carbocycles. The molecule has 3 aromatic rings. The molecule has 1 aliphatic rings. The minimum atomic E-state index is -0.668. The lowest BCUT2D eigenvalue weighted by molar-refractivity contribution is -0.120. The quantitative estimate of drug-likeness (QED) is 0.456. The first kappa shape index (κ1) is 22.6. The molecule has 0 saturated heterocycles. The van der Waals surface area contributed by atoms with Gasteiger partial charge in [-0.1, -0.05) is 41.9 Å².